The van der Waals surface area contributed by atoms with Crippen molar-refractivity contribution in [2.75, 3.05) is 6.54 Å². The van der Waals surface area contributed by atoms with Gasteiger partial charge in [-0.2, -0.15) is 0 Å². The summed E-state index contributed by atoms with van der Waals surface area (Å²) >= 11 is 0. The fourth-order valence-electron chi connectivity index (χ4n) is 1.44. The smallest absolute Gasteiger partial charge is 0.155 e. The maximum atomic E-state index is 10.7. The second kappa shape index (κ2) is 1.32. The number of hydrogen-bond donors (Lipinski definition) is 1. The van der Waals surface area contributed by atoms with Crippen molar-refractivity contribution in [3.05, 3.63) is 6.04 Å². The summed E-state index contributed by atoms with van der Waals surface area (Å²) in [5.74, 6) is 0.999. The van der Waals surface area contributed by atoms with Gasteiger partial charge in [0.2, 0.25) is 0 Å². The van der Waals surface area contributed by atoms with Crippen LogP contribution in [0, 0.1) is 12.0 Å². The van der Waals surface area contributed by atoms with Crippen LogP contribution in [0.2, 0.25) is 0 Å². The number of carbonyl (C=O) groups excluding carboxylic acids is 1. The van der Waals surface area contributed by atoms with Crippen LogP contribution in [-0.4, -0.2) is 12.3 Å². The molecule has 2 bridgehead atoms. The molecule has 2 rings (SSSR count). The van der Waals surface area contributed by atoms with Crippen molar-refractivity contribution in [3.8, 4) is 0 Å². The molecule has 1 saturated carbocycles. The minimum absolute atomic E-state index is 0.348. The molecular formula is C6H8NO. The first kappa shape index (κ1) is 4.50. The lowest BCUT2D eigenvalue weighted by molar-refractivity contribution is -0.117. The van der Waals surface area contributed by atoms with E-state index in [1.807, 2.05) is 0 Å². The van der Waals surface area contributed by atoms with Crippen LogP contribution in [0.5, 0.6) is 0 Å². The number of carbonyl (C=O) groups is 1. The molecule has 1 radical (unpaired) electrons. The summed E-state index contributed by atoms with van der Waals surface area (Å²) in [5.41, 5.74) is 0. The molecule has 1 saturated heterocycles. The minimum Gasteiger partial charge on any atom is -0.303 e. The van der Waals surface area contributed by atoms with E-state index < -0.39 is 0 Å². The maximum absolute atomic E-state index is 10.7. The van der Waals surface area contributed by atoms with Crippen molar-refractivity contribution >= 4 is 5.78 Å². The molecule has 43 valence electrons. The molecular weight excluding hydrogens is 102 g/mol. The predicted molar refractivity (Wildman–Crippen MR) is 29.0 cm³/mol. The highest BCUT2D eigenvalue weighted by Gasteiger charge is 2.38. The summed E-state index contributed by atoms with van der Waals surface area (Å²) in [6.45, 7) is 1.04. The van der Waals surface area contributed by atoms with E-state index in [-0.39, 0.29) is 0 Å². The van der Waals surface area contributed by atoms with Crippen LogP contribution in [0.1, 0.15) is 12.8 Å². The molecule has 2 nitrogen and oxygen atoms in total. The van der Waals surface area contributed by atoms with Gasteiger partial charge in [0.1, 0.15) is 6.04 Å². The average Bonchev–Trinajstić information content (AvgIpc) is 2.23. The third-order valence-corrected chi connectivity index (χ3v) is 1.91. The van der Waals surface area contributed by atoms with Gasteiger partial charge >= 0.3 is 0 Å². The lowest BCUT2D eigenvalue weighted by Gasteiger charge is -2.06. The van der Waals surface area contributed by atoms with E-state index in [2.05, 4.69) is 5.32 Å². The minimum atomic E-state index is 0.348. The Labute approximate surface area is 48.3 Å². The van der Waals surface area contributed by atoms with E-state index in [0.29, 0.717) is 11.7 Å². The zero-order valence-corrected chi connectivity index (χ0v) is 4.61. The molecule has 0 aromatic carbocycles. The summed E-state index contributed by atoms with van der Waals surface area (Å²) < 4.78 is 0. The molecule has 1 aliphatic carbocycles. The van der Waals surface area contributed by atoms with Crippen LogP contribution in [0.4, 0.5) is 0 Å². The Morgan fingerprint density at radius 3 is 2.62 bits per heavy atom. The number of Topliss-reactive ketones (excluding diaryl/α,β-unsaturated/α-hetero) is 1. The van der Waals surface area contributed by atoms with E-state index in [4.69, 9.17) is 0 Å². The van der Waals surface area contributed by atoms with Crippen LogP contribution in [0.25, 0.3) is 0 Å². The van der Waals surface area contributed by atoms with Crippen molar-refractivity contribution in [1.29, 1.82) is 0 Å². The number of nitrogens with one attached hydrogen (secondary N) is 1. The lowest BCUT2D eigenvalue weighted by atomic mass is 10.1. The Hall–Kier alpha value is -0.370. The largest absolute Gasteiger partial charge is 0.303 e. The Morgan fingerprint density at radius 2 is 2.38 bits per heavy atom. The van der Waals surface area contributed by atoms with E-state index in [0.717, 1.165) is 25.4 Å². The molecule has 1 heterocycles. The number of hydrogen-bond acceptors (Lipinski definition) is 2. The van der Waals surface area contributed by atoms with Gasteiger partial charge in [0.25, 0.3) is 0 Å². The van der Waals surface area contributed by atoms with Crippen molar-refractivity contribution in [1.82, 2.24) is 5.32 Å². The third kappa shape index (κ3) is 0.436. The quantitative estimate of drug-likeness (QED) is 0.479. The monoisotopic (exact) mass is 110 g/mol. The molecule has 2 fully saturated rings. The Bertz CT molecular complexity index is 132. The summed E-state index contributed by atoms with van der Waals surface area (Å²) in [5, 5.41) is 3.07. The number of piperidine rings is 1. The molecule has 1 N–H and O–H groups in total. The van der Waals surface area contributed by atoms with Crippen molar-refractivity contribution in [3.63, 3.8) is 0 Å². The Morgan fingerprint density at radius 1 is 1.50 bits per heavy atom. The zero-order valence-electron chi connectivity index (χ0n) is 4.61. The molecule has 2 heteroatoms. The Balaban J connectivity index is 2.22. The normalized spacial score (nSPS) is 37.0. The maximum Gasteiger partial charge on any atom is 0.155 e. The highest BCUT2D eigenvalue weighted by Crippen LogP contribution is 2.32. The summed E-state index contributed by atoms with van der Waals surface area (Å²) in [4.78, 5) is 10.7. The number of fused-ring (bicyclic) bond motifs is 2. The van der Waals surface area contributed by atoms with Gasteiger partial charge in [-0.1, -0.05) is 0 Å². The number of ketones is 1. The van der Waals surface area contributed by atoms with Gasteiger partial charge in [-0.05, 0) is 18.9 Å². The molecule has 0 aromatic heterocycles. The molecule has 0 amide bonds. The first-order valence-electron chi connectivity index (χ1n) is 2.99. The molecule has 2 aliphatic rings. The topological polar surface area (TPSA) is 29.1 Å². The standard InChI is InChI=1S/C6H8NO/c8-6-2-4-1-5(6)7-3-4/h4,7H,1-3H2. The third-order valence-electron chi connectivity index (χ3n) is 1.91. The molecule has 0 aromatic rings. The first-order chi connectivity index (χ1) is 3.86. The molecule has 1 aliphatic heterocycles. The first-order valence-corrected chi connectivity index (χ1v) is 2.99. The molecule has 1 atom stereocenters. The van der Waals surface area contributed by atoms with Gasteiger partial charge in [-0.15, -0.1) is 0 Å². The SMILES string of the molecule is O=C1CC2CN[C]1C2. The van der Waals surface area contributed by atoms with Gasteiger partial charge < -0.3 is 5.32 Å². The van der Waals surface area contributed by atoms with Crippen LogP contribution in [0.3, 0.4) is 0 Å². The van der Waals surface area contributed by atoms with Crippen LogP contribution in [0.15, 0.2) is 0 Å². The molecule has 1 unspecified atom stereocenters. The summed E-state index contributed by atoms with van der Waals surface area (Å²) in [6, 6.07) is 0.981. The van der Waals surface area contributed by atoms with E-state index >= 15 is 0 Å². The van der Waals surface area contributed by atoms with Crippen molar-refractivity contribution in [2.24, 2.45) is 5.92 Å². The van der Waals surface area contributed by atoms with Crippen LogP contribution >= 0.6 is 0 Å². The highest BCUT2D eigenvalue weighted by molar-refractivity contribution is 5.94. The van der Waals surface area contributed by atoms with E-state index in [1.165, 1.54) is 0 Å². The van der Waals surface area contributed by atoms with Gasteiger partial charge in [0, 0.05) is 6.42 Å². The summed E-state index contributed by atoms with van der Waals surface area (Å²) in [7, 11) is 0. The second-order valence-corrected chi connectivity index (χ2v) is 2.56. The zero-order chi connectivity index (χ0) is 5.56. The Kier molecular flexibility index (Phi) is 0.742. The van der Waals surface area contributed by atoms with Crippen LogP contribution in [-0.2, 0) is 4.79 Å². The lowest BCUT2D eigenvalue weighted by Crippen LogP contribution is -2.26. The summed E-state index contributed by atoms with van der Waals surface area (Å²) in [6.07, 6.45) is 1.83. The molecule has 0 spiro atoms. The average molecular weight is 110 g/mol. The van der Waals surface area contributed by atoms with E-state index in [1.54, 1.807) is 0 Å². The highest BCUT2D eigenvalue weighted by atomic mass is 16.1. The van der Waals surface area contributed by atoms with Gasteiger partial charge in [0.05, 0.1) is 0 Å². The fourth-order valence-corrected chi connectivity index (χ4v) is 1.44. The van der Waals surface area contributed by atoms with Crippen molar-refractivity contribution < 1.29 is 4.79 Å². The van der Waals surface area contributed by atoms with Gasteiger partial charge in [-0.3, -0.25) is 4.79 Å². The van der Waals surface area contributed by atoms with Crippen LogP contribution < -0.4 is 5.32 Å². The molecule has 8 heavy (non-hydrogen) atoms. The van der Waals surface area contributed by atoms with Gasteiger partial charge in [-0.25, -0.2) is 0 Å². The fraction of sp³-hybridized carbons (Fsp3) is 0.667. The second-order valence-electron chi connectivity index (χ2n) is 2.56. The number of rotatable bonds is 0. The van der Waals surface area contributed by atoms with Crippen molar-refractivity contribution in [2.45, 2.75) is 12.8 Å². The predicted octanol–water partition coefficient (Wildman–Crippen LogP) is 0.101. The van der Waals surface area contributed by atoms with E-state index in [9.17, 15) is 4.79 Å². The van der Waals surface area contributed by atoms with Gasteiger partial charge in [0.15, 0.2) is 5.78 Å².